The number of likely N-dealkylation sites (tertiary alicyclic amines) is 1. The first-order chi connectivity index (χ1) is 21.3. The third-order valence-corrected chi connectivity index (χ3v) is 9.11. The van der Waals surface area contributed by atoms with E-state index in [0.717, 1.165) is 56.0 Å². The van der Waals surface area contributed by atoms with Crippen molar-refractivity contribution < 1.29 is 4.39 Å². The number of hydrogen-bond acceptors (Lipinski definition) is 4. The van der Waals surface area contributed by atoms with E-state index < -0.39 is 0 Å². The zero-order valence-electron chi connectivity index (χ0n) is 26.2. The van der Waals surface area contributed by atoms with Crippen LogP contribution < -0.4 is 4.90 Å². The summed E-state index contributed by atoms with van der Waals surface area (Å²) in [5.74, 6) is -0.238. The Morgan fingerprint density at radius 1 is 0.727 bits per heavy atom. The fraction of sp³-hybridized carbons (Fsp3) is 0.282. The van der Waals surface area contributed by atoms with Crippen LogP contribution in [0.1, 0.15) is 46.2 Å². The lowest BCUT2D eigenvalue weighted by molar-refractivity contribution is 0.201. The zero-order chi connectivity index (χ0) is 30.6. The van der Waals surface area contributed by atoms with Crippen LogP contribution >= 0.6 is 0 Å². The number of hydrogen-bond donors (Lipinski definition) is 0. The summed E-state index contributed by atoms with van der Waals surface area (Å²) in [7, 11) is 0. The molecule has 0 saturated carbocycles. The molecule has 3 heterocycles. The van der Waals surface area contributed by atoms with E-state index in [4.69, 9.17) is 4.98 Å². The van der Waals surface area contributed by atoms with Crippen LogP contribution in [0.25, 0.3) is 22.5 Å². The highest BCUT2D eigenvalue weighted by Gasteiger charge is 2.25. The Labute approximate surface area is 261 Å². The van der Waals surface area contributed by atoms with Gasteiger partial charge in [0.05, 0.1) is 11.4 Å². The van der Waals surface area contributed by atoms with Crippen LogP contribution in [0.5, 0.6) is 0 Å². The van der Waals surface area contributed by atoms with E-state index >= 15 is 0 Å². The predicted molar refractivity (Wildman–Crippen MR) is 179 cm³/mol. The van der Waals surface area contributed by atoms with Gasteiger partial charge in [-0.05, 0) is 129 Å². The topological polar surface area (TPSA) is 32.3 Å². The summed E-state index contributed by atoms with van der Waals surface area (Å²) in [5, 5.41) is 0. The molecule has 5 heteroatoms. The maximum absolute atomic E-state index is 13.8. The van der Waals surface area contributed by atoms with Gasteiger partial charge in [0.25, 0.3) is 0 Å². The summed E-state index contributed by atoms with van der Waals surface area (Å²) in [6, 6.07) is 29.2. The second kappa shape index (κ2) is 13.1. The summed E-state index contributed by atoms with van der Waals surface area (Å²) >= 11 is 0. The van der Waals surface area contributed by atoms with E-state index in [1.807, 2.05) is 18.5 Å². The van der Waals surface area contributed by atoms with Crippen molar-refractivity contribution in [3.8, 4) is 22.5 Å². The zero-order valence-corrected chi connectivity index (χ0v) is 26.2. The van der Waals surface area contributed by atoms with Crippen LogP contribution in [-0.2, 0) is 13.1 Å². The third kappa shape index (κ3) is 6.89. The molecule has 0 radical (unpaired) electrons. The highest BCUT2D eigenvalue weighted by molar-refractivity contribution is 5.63. The first-order valence-electron chi connectivity index (χ1n) is 15.6. The number of piperidine rings is 1. The molecule has 0 amide bonds. The first-order valence-corrected chi connectivity index (χ1v) is 15.6. The molecule has 2 aromatic heterocycles. The highest BCUT2D eigenvalue weighted by Crippen LogP contribution is 2.29. The fourth-order valence-electron chi connectivity index (χ4n) is 6.30. The molecule has 0 N–H and O–H groups in total. The minimum Gasteiger partial charge on any atom is -0.364 e. The van der Waals surface area contributed by atoms with Crippen molar-refractivity contribution in [3.05, 3.63) is 137 Å². The molecule has 6 rings (SSSR count). The van der Waals surface area contributed by atoms with Crippen LogP contribution in [0, 0.1) is 33.5 Å². The van der Waals surface area contributed by atoms with Gasteiger partial charge < -0.3 is 4.90 Å². The van der Waals surface area contributed by atoms with Crippen LogP contribution in [0.4, 0.5) is 10.1 Å². The fourth-order valence-corrected chi connectivity index (χ4v) is 6.30. The monoisotopic (exact) mass is 584 g/mol. The predicted octanol–water partition coefficient (Wildman–Crippen LogP) is 8.85. The van der Waals surface area contributed by atoms with E-state index in [2.05, 4.69) is 103 Å². The molecule has 3 aromatic carbocycles. The van der Waals surface area contributed by atoms with Crippen molar-refractivity contribution in [2.45, 2.75) is 59.7 Å². The number of pyridine rings is 2. The van der Waals surface area contributed by atoms with Gasteiger partial charge in [-0.2, -0.15) is 0 Å². The Morgan fingerprint density at radius 3 is 2.05 bits per heavy atom. The summed E-state index contributed by atoms with van der Waals surface area (Å²) < 4.78 is 13.8. The molecular formula is C39H41FN4. The van der Waals surface area contributed by atoms with Gasteiger partial charge >= 0.3 is 0 Å². The number of rotatable bonds is 8. The lowest BCUT2D eigenvalue weighted by atomic mass is 9.97. The summed E-state index contributed by atoms with van der Waals surface area (Å²) in [4.78, 5) is 14.4. The number of anilines is 1. The molecular weight excluding hydrogens is 543 g/mol. The Kier molecular flexibility index (Phi) is 8.85. The minimum atomic E-state index is -0.238. The quantitative estimate of drug-likeness (QED) is 0.182. The molecule has 0 bridgehead atoms. The van der Waals surface area contributed by atoms with E-state index in [0.29, 0.717) is 6.04 Å². The molecule has 1 fully saturated rings. The molecule has 5 aromatic rings. The molecule has 0 aliphatic carbocycles. The highest BCUT2D eigenvalue weighted by atomic mass is 19.1. The van der Waals surface area contributed by atoms with Crippen molar-refractivity contribution >= 4 is 5.69 Å². The molecule has 224 valence electrons. The maximum Gasteiger partial charge on any atom is 0.123 e. The molecule has 1 saturated heterocycles. The van der Waals surface area contributed by atoms with Gasteiger partial charge in [-0.15, -0.1) is 0 Å². The van der Waals surface area contributed by atoms with Crippen LogP contribution in [0.2, 0.25) is 0 Å². The van der Waals surface area contributed by atoms with Crippen molar-refractivity contribution in [2.24, 2.45) is 0 Å². The number of halogens is 1. The van der Waals surface area contributed by atoms with E-state index in [-0.39, 0.29) is 5.82 Å². The molecule has 44 heavy (non-hydrogen) atoms. The lowest BCUT2D eigenvalue weighted by Crippen LogP contribution is -2.44. The molecule has 0 unspecified atom stereocenters. The van der Waals surface area contributed by atoms with Gasteiger partial charge in [0.15, 0.2) is 0 Å². The molecule has 0 spiro atoms. The standard InChI is InChI=1S/C39H41FN4/c1-27-8-10-36(11-9-27)44(26-32-13-17-42-39(23-32)34-20-28(2)30(4)29(3)21-34)37-14-18-43(19-15-37)25-31-12-16-41-38(22-31)33-6-5-7-35(40)24-33/h5-13,16-17,20-24,37H,14-15,18-19,25-26H2,1-4H3. The second-order valence-corrected chi connectivity index (χ2v) is 12.3. The van der Waals surface area contributed by atoms with Gasteiger partial charge in [0.1, 0.15) is 5.82 Å². The van der Waals surface area contributed by atoms with Gasteiger partial charge in [0.2, 0.25) is 0 Å². The second-order valence-electron chi connectivity index (χ2n) is 12.3. The Hall–Kier alpha value is -4.35. The van der Waals surface area contributed by atoms with Crippen LogP contribution in [0.15, 0.2) is 97.3 Å². The Balaban J connectivity index is 1.18. The van der Waals surface area contributed by atoms with Crippen molar-refractivity contribution in [1.29, 1.82) is 0 Å². The molecule has 1 aliphatic heterocycles. The number of aromatic nitrogens is 2. The van der Waals surface area contributed by atoms with Gasteiger partial charge in [-0.3, -0.25) is 14.9 Å². The Bertz CT molecular complexity index is 1720. The Morgan fingerprint density at radius 2 is 1.36 bits per heavy atom. The maximum atomic E-state index is 13.8. The summed E-state index contributed by atoms with van der Waals surface area (Å²) in [6.45, 7) is 12.4. The van der Waals surface area contributed by atoms with Crippen LogP contribution in [0.3, 0.4) is 0 Å². The van der Waals surface area contributed by atoms with Crippen molar-refractivity contribution in [1.82, 2.24) is 14.9 Å². The van der Waals surface area contributed by atoms with E-state index in [1.165, 1.54) is 50.7 Å². The largest absolute Gasteiger partial charge is 0.364 e. The summed E-state index contributed by atoms with van der Waals surface area (Å²) in [5.41, 5.74) is 12.8. The van der Waals surface area contributed by atoms with Crippen molar-refractivity contribution in [2.75, 3.05) is 18.0 Å². The number of nitrogens with zero attached hydrogens (tertiary/aromatic N) is 4. The van der Waals surface area contributed by atoms with Crippen LogP contribution in [-0.4, -0.2) is 34.0 Å². The smallest absolute Gasteiger partial charge is 0.123 e. The average Bonchev–Trinajstić information content (AvgIpc) is 3.03. The van der Waals surface area contributed by atoms with Gasteiger partial charge in [-0.1, -0.05) is 29.8 Å². The number of aryl methyl sites for hydroxylation is 3. The van der Waals surface area contributed by atoms with Gasteiger partial charge in [-0.25, -0.2) is 4.39 Å². The van der Waals surface area contributed by atoms with Crippen molar-refractivity contribution in [3.63, 3.8) is 0 Å². The molecule has 1 aliphatic rings. The normalized spacial score (nSPS) is 14.1. The molecule has 4 nitrogen and oxygen atoms in total. The van der Waals surface area contributed by atoms with E-state index in [9.17, 15) is 4.39 Å². The summed E-state index contributed by atoms with van der Waals surface area (Å²) in [6.07, 6.45) is 5.97. The third-order valence-electron chi connectivity index (χ3n) is 9.11. The average molecular weight is 585 g/mol. The SMILES string of the molecule is Cc1ccc(N(Cc2ccnc(-c3cc(C)c(C)c(C)c3)c2)C2CCN(Cc3ccnc(-c4cccc(F)c4)c3)CC2)cc1. The first kappa shape index (κ1) is 29.7. The minimum absolute atomic E-state index is 0.238. The van der Waals surface area contributed by atoms with Gasteiger partial charge in [0, 0.05) is 61.4 Å². The number of benzene rings is 3. The molecule has 0 atom stereocenters. The lowest BCUT2D eigenvalue weighted by Gasteiger charge is -2.40. The van der Waals surface area contributed by atoms with E-state index in [1.54, 1.807) is 12.1 Å².